The zero-order valence-electron chi connectivity index (χ0n) is 10.6. The summed E-state index contributed by atoms with van der Waals surface area (Å²) in [5.74, 6) is 0.0870. The van der Waals surface area contributed by atoms with Crippen LogP contribution in [0.5, 0.6) is 0 Å². The number of carboxylic acids is 1. The van der Waals surface area contributed by atoms with Gasteiger partial charge in [-0.25, -0.2) is 9.78 Å². The molecule has 0 radical (unpaired) electrons. The lowest BCUT2D eigenvalue weighted by Crippen LogP contribution is -2.41. The Kier molecular flexibility index (Phi) is 3.38. The molecule has 100 valence electrons. The van der Waals surface area contributed by atoms with Crippen LogP contribution < -0.4 is 4.90 Å². The Morgan fingerprint density at radius 3 is 3.11 bits per heavy atom. The van der Waals surface area contributed by atoms with E-state index in [0.29, 0.717) is 6.42 Å². The number of aromatic nitrogens is 1. The first-order valence-electron chi connectivity index (χ1n) is 6.59. The third kappa shape index (κ3) is 2.30. The number of carbonyl (C=O) groups is 1. The zero-order chi connectivity index (χ0) is 13.2. The zero-order valence-corrected chi connectivity index (χ0v) is 11.4. The van der Waals surface area contributed by atoms with Crippen molar-refractivity contribution in [2.45, 2.75) is 31.7 Å². The van der Waals surface area contributed by atoms with Gasteiger partial charge in [0, 0.05) is 22.8 Å². The lowest BCUT2D eigenvalue weighted by atomic mass is 10.1. The molecule has 2 aromatic heterocycles. The van der Waals surface area contributed by atoms with E-state index in [0.717, 1.165) is 37.0 Å². The highest BCUT2D eigenvalue weighted by Gasteiger charge is 2.29. The van der Waals surface area contributed by atoms with Crippen molar-refractivity contribution in [3.05, 3.63) is 23.7 Å². The molecule has 5 heteroatoms. The van der Waals surface area contributed by atoms with Crippen LogP contribution >= 0.6 is 11.3 Å². The van der Waals surface area contributed by atoms with E-state index < -0.39 is 12.0 Å². The molecule has 0 bridgehead atoms. The van der Waals surface area contributed by atoms with Gasteiger partial charge in [-0.05, 0) is 30.4 Å². The van der Waals surface area contributed by atoms with Crippen LogP contribution in [-0.2, 0) is 4.79 Å². The maximum atomic E-state index is 11.5. The number of pyridine rings is 1. The Balaban J connectivity index is 2.06. The number of hydrogen-bond acceptors (Lipinski definition) is 4. The highest BCUT2D eigenvalue weighted by atomic mass is 32.1. The van der Waals surface area contributed by atoms with Crippen LogP contribution in [-0.4, -0.2) is 28.6 Å². The Labute approximate surface area is 115 Å². The SMILES string of the molecule is O=C(O)C1CCCCCN1c1nccc2sccc12. The van der Waals surface area contributed by atoms with Gasteiger partial charge >= 0.3 is 5.97 Å². The molecule has 0 amide bonds. The topological polar surface area (TPSA) is 53.4 Å². The maximum absolute atomic E-state index is 11.5. The van der Waals surface area contributed by atoms with Crippen molar-refractivity contribution in [3.63, 3.8) is 0 Å². The van der Waals surface area contributed by atoms with E-state index in [4.69, 9.17) is 0 Å². The van der Waals surface area contributed by atoms with Gasteiger partial charge in [0.1, 0.15) is 11.9 Å². The van der Waals surface area contributed by atoms with Gasteiger partial charge in [0.25, 0.3) is 0 Å². The number of nitrogens with zero attached hydrogens (tertiary/aromatic N) is 2. The first-order valence-corrected chi connectivity index (χ1v) is 7.47. The minimum absolute atomic E-state index is 0.444. The summed E-state index contributed by atoms with van der Waals surface area (Å²) in [5, 5.41) is 12.6. The summed E-state index contributed by atoms with van der Waals surface area (Å²) in [6.07, 6.45) is 5.59. The molecule has 1 N–H and O–H groups in total. The van der Waals surface area contributed by atoms with Gasteiger partial charge < -0.3 is 10.0 Å². The van der Waals surface area contributed by atoms with Gasteiger partial charge in [0.05, 0.1) is 0 Å². The smallest absolute Gasteiger partial charge is 0.326 e. The van der Waals surface area contributed by atoms with Gasteiger partial charge in [-0.2, -0.15) is 0 Å². The third-order valence-electron chi connectivity index (χ3n) is 3.67. The van der Waals surface area contributed by atoms with E-state index in [1.165, 1.54) is 4.70 Å². The normalized spacial score (nSPS) is 20.4. The molecule has 1 aliphatic rings. The fourth-order valence-electron chi connectivity index (χ4n) is 2.73. The fourth-order valence-corrected chi connectivity index (χ4v) is 3.50. The van der Waals surface area contributed by atoms with E-state index >= 15 is 0 Å². The van der Waals surface area contributed by atoms with Crippen molar-refractivity contribution in [2.24, 2.45) is 0 Å². The average Bonchev–Trinajstić information content (AvgIpc) is 2.74. The summed E-state index contributed by atoms with van der Waals surface area (Å²) >= 11 is 1.67. The Morgan fingerprint density at radius 1 is 1.37 bits per heavy atom. The van der Waals surface area contributed by atoms with Crippen molar-refractivity contribution in [1.29, 1.82) is 0 Å². The summed E-state index contributed by atoms with van der Waals surface area (Å²) in [5.41, 5.74) is 0. The molecule has 0 spiro atoms. The monoisotopic (exact) mass is 276 g/mol. The summed E-state index contributed by atoms with van der Waals surface area (Å²) in [7, 11) is 0. The predicted octanol–water partition coefficient (Wildman–Crippen LogP) is 3.13. The average molecular weight is 276 g/mol. The quantitative estimate of drug-likeness (QED) is 0.915. The number of rotatable bonds is 2. The number of thiophene rings is 1. The molecular formula is C14H16N2O2S. The Hall–Kier alpha value is -1.62. The fraction of sp³-hybridized carbons (Fsp3) is 0.429. The summed E-state index contributed by atoms with van der Waals surface area (Å²) in [6, 6.07) is 3.57. The van der Waals surface area contributed by atoms with Crippen LogP contribution in [0.2, 0.25) is 0 Å². The lowest BCUT2D eigenvalue weighted by molar-refractivity contribution is -0.138. The van der Waals surface area contributed by atoms with Crippen LogP contribution in [0.4, 0.5) is 5.82 Å². The largest absolute Gasteiger partial charge is 0.480 e. The molecule has 1 unspecified atom stereocenters. The van der Waals surface area contributed by atoms with Gasteiger partial charge in [-0.15, -0.1) is 11.3 Å². The van der Waals surface area contributed by atoms with Gasteiger partial charge in [-0.1, -0.05) is 12.8 Å². The molecule has 19 heavy (non-hydrogen) atoms. The Morgan fingerprint density at radius 2 is 2.26 bits per heavy atom. The minimum atomic E-state index is -0.740. The summed E-state index contributed by atoms with van der Waals surface area (Å²) in [4.78, 5) is 17.9. The van der Waals surface area contributed by atoms with Crippen LogP contribution in [0.3, 0.4) is 0 Å². The van der Waals surface area contributed by atoms with Gasteiger partial charge in [-0.3, -0.25) is 0 Å². The highest BCUT2D eigenvalue weighted by Crippen LogP contribution is 2.31. The number of carboxylic acid groups (broad SMARTS) is 1. The van der Waals surface area contributed by atoms with Crippen molar-refractivity contribution < 1.29 is 9.90 Å². The van der Waals surface area contributed by atoms with E-state index in [1.54, 1.807) is 17.5 Å². The van der Waals surface area contributed by atoms with E-state index in [-0.39, 0.29) is 0 Å². The third-order valence-corrected chi connectivity index (χ3v) is 4.55. The van der Waals surface area contributed by atoms with Crippen LogP contribution in [0.25, 0.3) is 10.1 Å². The van der Waals surface area contributed by atoms with E-state index in [2.05, 4.69) is 4.98 Å². The highest BCUT2D eigenvalue weighted by molar-refractivity contribution is 7.17. The number of hydrogen-bond donors (Lipinski definition) is 1. The van der Waals surface area contributed by atoms with Crippen LogP contribution in [0, 0.1) is 0 Å². The molecule has 4 nitrogen and oxygen atoms in total. The molecule has 1 fully saturated rings. The number of aliphatic carboxylic acids is 1. The molecule has 0 aromatic carbocycles. The summed E-state index contributed by atoms with van der Waals surface area (Å²) < 4.78 is 1.17. The molecule has 1 aliphatic heterocycles. The minimum Gasteiger partial charge on any atom is -0.480 e. The standard InChI is InChI=1S/C14H16N2O2S/c17-14(18)11-4-2-1-3-8-16(11)13-10-6-9-19-12(10)5-7-15-13/h5-7,9,11H,1-4,8H2,(H,17,18). The van der Waals surface area contributed by atoms with Crippen LogP contribution in [0.1, 0.15) is 25.7 Å². The first kappa shape index (κ1) is 12.4. The van der Waals surface area contributed by atoms with Gasteiger partial charge in [0.15, 0.2) is 0 Å². The number of fused-ring (bicyclic) bond motifs is 1. The van der Waals surface area contributed by atoms with Gasteiger partial charge in [0.2, 0.25) is 0 Å². The molecule has 1 atom stereocenters. The summed E-state index contributed by atoms with van der Waals surface area (Å²) in [6.45, 7) is 0.777. The molecule has 0 saturated carbocycles. The van der Waals surface area contributed by atoms with Crippen molar-refractivity contribution in [1.82, 2.24) is 4.98 Å². The molecule has 2 aromatic rings. The molecular weight excluding hydrogens is 260 g/mol. The molecule has 3 rings (SSSR count). The van der Waals surface area contributed by atoms with Crippen molar-refractivity contribution in [3.8, 4) is 0 Å². The van der Waals surface area contributed by atoms with Crippen LogP contribution in [0.15, 0.2) is 23.7 Å². The van der Waals surface area contributed by atoms with E-state index in [1.807, 2.05) is 22.4 Å². The predicted molar refractivity (Wildman–Crippen MR) is 76.9 cm³/mol. The van der Waals surface area contributed by atoms with E-state index in [9.17, 15) is 9.90 Å². The Bertz CT molecular complexity index is 596. The first-order chi connectivity index (χ1) is 9.27. The second-order valence-electron chi connectivity index (χ2n) is 4.86. The maximum Gasteiger partial charge on any atom is 0.326 e. The second-order valence-corrected chi connectivity index (χ2v) is 5.81. The number of anilines is 1. The molecule has 0 aliphatic carbocycles. The second kappa shape index (κ2) is 5.17. The molecule has 1 saturated heterocycles. The van der Waals surface area contributed by atoms with Crippen molar-refractivity contribution in [2.75, 3.05) is 11.4 Å². The molecule has 3 heterocycles. The van der Waals surface area contributed by atoms with Crippen molar-refractivity contribution >= 4 is 33.2 Å². The lowest BCUT2D eigenvalue weighted by Gasteiger charge is -2.28.